The van der Waals surface area contributed by atoms with Gasteiger partial charge in [0.05, 0.1) is 0 Å². The van der Waals surface area contributed by atoms with E-state index in [-0.39, 0.29) is 17.7 Å². The molecule has 0 aliphatic carbocycles. The van der Waals surface area contributed by atoms with Gasteiger partial charge in [0, 0.05) is 32.5 Å². The maximum Gasteiger partial charge on any atom is 0.223 e. The van der Waals surface area contributed by atoms with Crippen molar-refractivity contribution in [3.05, 3.63) is 35.4 Å². The molecule has 0 spiro atoms. The van der Waals surface area contributed by atoms with E-state index in [2.05, 4.69) is 43.4 Å². The molecule has 4 nitrogen and oxygen atoms in total. The summed E-state index contributed by atoms with van der Waals surface area (Å²) in [6.45, 7) is 7.96. The van der Waals surface area contributed by atoms with Crippen LogP contribution in [0.25, 0.3) is 0 Å². The summed E-state index contributed by atoms with van der Waals surface area (Å²) in [7, 11) is 0. The largest absolute Gasteiger partial charge is 0.352 e. The first-order valence-electron chi connectivity index (χ1n) is 8.63. The first kappa shape index (κ1) is 17.5. The second-order valence-corrected chi connectivity index (χ2v) is 6.55. The highest BCUT2D eigenvalue weighted by Crippen LogP contribution is 2.20. The molecule has 1 heterocycles. The molecule has 1 aliphatic rings. The molecule has 2 rings (SSSR count). The highest BCUT2D eigenvalue weighted by Gasteiger charge is 2.25. The Balaban J connectivity index is 1.79. The average molecular weight is 316 g/mol. The molecule has 0 radical (unpaired) electrons. The molecule has 1 atom stereocenters. The Morgan fingerprint density at radius 1 is 1.22 bits per heavy atom. The summed E-state index contributed by atoms with van der Waals surface area (Å²) < 4.78 is 0. The number of nitrogens with zero attached hydrogens (tertiary/aromatic N) is 1. The second-order valence-electron chi connectivity index (χ2n) is 6.55. The Labute approximate surface area is 139 Å². The number of benzene rings is 1. The lowest BCUT2D eigenvalue weighted by Crippen LogP contribution is -2.42. The van der Waals surface area contributed by atoms with Crippen LogP contribution in [-0.2, 0) is 16.1 Å². The standard InChI is InChI=1S/C19H28N2O2/c1-4-14(2)17-7-5-16(6-8-17)13-20-19(23)18-9-11-21(12-10-18)15(3)22/h5-8,14,18H,4,9-13H2,1-3H3,(H,20,23). The summed E-state index contributed by atoms with van der Waals surface area (Å²) >= 11 is 0. The molecule has 1 unspecified atom stereocenters. The van der Waals surface area contributed by atoms with Gasteiger partial charge in [-0.3, -0.25) is 9.59 Å². The van der Waals surface area contributed by atoms with Crippen molar-refractivity contribution < 1.29 is 9.59 Å². The van der Waals surface area contributed by atoms with E-state index in [9.17, 15) is 9.59 Å². The number of piperidine rings is 1. The van der Waals surface area contributed by atoms with Crippen LogP contribution >= 0.6 is 0 Å². The van der Waals surface area contributed by atoms with Crippen LogP contribution in [0.5, 0.6) is 0 Å². The summed E-state index contributed by atoms with van der Waals surface area (Å²) in [5.74, 6) is 0.819. The van der Waals surface area contributed by atoms with Crippen molar-refractivity contribution in [1.29, 1.82) is 0 Å². The summed E-state index contributed by atoms with van der Waals surface area (Å²) in [6.07, 6.45) is 2.66. The van der Waals surface area contributed by atoms with Crippen molar-refractivity contribution >= 4 is 11.8 Å². The molecule has 0 saturated carbocycles. The molecular weight excluding hydrogens is 288 g/mol. The van der Waals surface area contributed by atoms with Crippen molar-refractivity contribution in [2.75, 3.05) is 13.1 Å². The number of hydrogen-bond donors (Lipinski definition) is 1. The van der Waals surface area contributed by atoms with E-state index in [4.69, 9.17) is 0 Å². The first-order valence-corrected chi connectivity index (χ1v) is 8.63. The molecule has 1 saturated heterocycles. The molecule has 2 amide bonds. The Morgan fingerprint density at radius 2 is 1.83 bits per heavy atom. The minimum atomic E-state index is 0.0324. The zero-order valence-corrected chi connectivity index (χ0v) is 14.5. The Morgan fingerprint density at radius 3 is 2.35 bits per heavy atom. The maximum atomic E-state index is 12.3. The minimum Gasteiger partial charge on any atom is -0.352 e. The molecule has 1 aromatic carbocycles. The van der Waals surface area contributed by atoms with Crippen molar-refractivity contribution in [3.8, 4) is 0 Å². The van der Waals surface area contributed by atoms with E-state index < -0.39 is 0 Å². The molecular formula is C19H28N2O2. The molecule has 126 valence electrons. The van der Waals surface area contributed by atoms with Crippen molar-refractivity contribution in [2.45, 2.75) is 52.5 Å². The van der Waals surface area contributed by atoms with Gasteiger partial charge in [0.2, 0.25) is 11.8 Å². The van der Waals surface area contributed by atoms with Gasteiger partial charge < -0.3 is 10.2 Å². The Kier molecular flexibility index (Phi) is 6.20. The fourth-order valence-corrected chi connectivity index (χ4v) is 2.99. The summed E-state index contributed by atoms with van der Waals surface area (Å²) in [5, 5.41) is 3.03. The number of carbonyl (C=O) groups excluding carboxylic acids is 2. The number of likely N-dealkylation sites (tertiary alicyclic amines) is 1. The topological polar surface area (TPSA) is 49.4 Å². The predicted molar refractivity (Wildman–Crippen MR) is 92.0 cm³/mol. The van der Waals surface area contributed by atoms with Gasteiger partial charge in [0.15, 0.2) is 0 Å². The Bertz CT molecular complexity index is 531. The van der Waals surface area contributed by atoms with Crippen LogP contribution in [-0.4, -0.2) is 29.8 Å². The number of amides is 2. The van der Waals surface area contributed by atoms with Gasteiger partial charge in [-0.2, -0.15) is 0 Å². The number of nitrogens with one attached hydrogen (secondary N) is 1. The third-order valence-corrected chi connectivity index (χ3v) is 4.94. The van der Waals surface area contributed by atoms with Gasteiger partial charge in [-0.05, 0) is 36.3 Å². The second kappa shape index (κ2) is 8.14. The van der Waals surface area contributed by atoms with E-state index in [0.29, 0.717) is 25.6 Å². The smallest absolute Gasteiger partial charge is 0.223 e. The molecule has 0 bridgehead atoms. The summed E-state index contributed by atoms with van der Waals surface area (Å²) in [6, 6.07) is 8.50. The highest BCUT2D eigenvalue weighted by atomic mass is 16.2. The lowest BCUT2D eigenvalue weighted by atomic mass is 9.95. The van der Waals surface area contributed by atoms with Crippen LogP contribution in [0, 0.1) is 5.92 Å². The number of hydrogen-bond acceptors (Lipinski definition) is 2. The van der Waals surface area contributed by atoms with Crippen LogP contribution in [0.1, 0.15) is 57.1 Å². The fourth-order valence-electron chi connectivity index (χ4n) is 2.99. The number of carbonyl (C=O) groups is 2. The van der Waals surface area contributed by atoms with Crippen LogP contribution in [0.3, 0.4) is 0 Å². The SMILES string of the molecule is CCC(C)c1ccc(CNC(=O)C2CCN(C(C)=O)CC2)cc1. The molecule has 1 aliphatic heterocycles. The fraction of sp³-hybridized carbons (Fsp3) is 0.579. The highest BCUT2D eigenvalue weighted by molar-refractivity contribution is 5.79. The van der Waals surface area contributed by atoms with Gasteiger partial charge in [-0.15, -0.1) is 0 Å². The van der Waals surface area contributed by atoms with Crippen LogP contribution in [0.4, 0.5) is 0 Å². The van der Waals surface area contributed by atoms with E-state index >= 15 is 0 Å². The molecule has 0 aromatic heterocycles. The van der Waals surface area contributed by atoms with Gasteiger partial charge >= 0.3 is 0 Å². The summed E-state index contributed by atoms with van der Waals surface area (Å²) in [5.41, 5.74) is 2.48. The van der Waals surface area contributed by atoms with Gasteiger partial charge in [0.25, 0.3) is 0 Å². The van der Waals surface area contributed by atoms with Crippen LogP contribution < -0.4 is 5.32 Å². The zero-order valence-electron chi connectivity index (χ0n) is 14.5. The molecule has 1 N–H and O–H groups in total. The molecule has 1 aromatic rings. The lowest BCUT2D eigenvalue weighted by Gasteiger charge is -2.30. The minimum absolute atomic E-state index is 0.0324. The quantitative estimate of drug-likeness (QED) is 0.907. The van der Waals surface area contributed by atoms with Crippen molar-refractivity contribution in [3.63, 3.8) is 0 Å². The Hall–Kier alpha value is -1.84. The molecule has 23 heavy (non-hydrogen) atoms. The normalized spacial score (nSPS) is 16.9. The van der Waals surface area contributed by atoms with Gasteiger partial charge in [0.1, 0.15) is 0 Å². The predicted octanol–water partition coefficient (Wildman–Crippen LogP) is 3.07. The third-order valence-electron chi connectivity index (χ3n) is 4.94. The van der Waals surface area contributed by atoms with Crippen molar-refractivity contribution in [1.82, 2.24) is 10.2 Å². The summed E-state index contributed by atoms with van der Waals surface area (Å²) in [4.78, 5) is 25.4. The van der Waals surface area contributed by atoms with E-state index in [1.807, 2.05) is 4.90 Å². The zero-order chi connectivity index (χ0) is 16.8. The van der Waals surface area contributed by atoms with Gasteiger partial charge in [-0.1, -0.05) is 38.1 Å². The van der Waals surface area contributed by atoms with E-state index in [1.54, 1.807) is 6.92 Å². The van der Waals surface area contributed by atoms with E-state index in [0.717, 1.165) is 24.8 Å². The van der Waals surface area contributed by atoms with Crippen LogP contribution in [0.2, 0.25) is 0 Å². The number of rotatable bonds is 5. The van der Waals surface area contributed by atoms with E-state index in [1.165, 1.54) is 5.56 Å². The first-order chi connectivity index (χ1) is 11.0. The van der Waals surface area contributed by atoms with Crippen LogP contribution in [0.15, 0.2) is 24.3 Å². The monoisotopic (exact) mass is 316 g/mol. The lowest BCUT2D eigenvalue weighted by molar-refractivity contribution is -0.134. The third kappa shape index (κ3) is 4.81. The average Bonchev–Trinajstić information content (AvgIpc) is 2.59. The molecule has 4 heteroatoms. The van der Waals surface area contributed by atoms with Crippen molar-refractivity contribution in [2.24, 2.45) is 5.92 Å². The van der Waals surface area contributed by atoms with Gasteiger partial charge in [-0.25, -0.2) is 0 Å². The molecule has 1 fully saturated rings. The maximum absolute atomic E-state index is 12.3.